The van der Waals surface area contributed by atoms with Crippen LogP contribution in [0, 0.1) is 11.8 Å². The van der Waals surface area contributed by atoms with Gasteiger partial charge >= 0.3 is 0 Å². The molecule has 5 aliphatic rings. The van der Waals surface area contributed by atoms with Crippen LogP contribution in [0.3, 0.4) is 0 Å². The summed E-state index contributed by atoms with van der Waals surface area (Å²) in [6, 6.07) is -0.317. The van der Waals surface area contributed by atoms with E-state index in [2.05, 4.69) is 18.2 Å². The Morgan fingerprint density at radius 2 is 1.74 bits per heavy atom. The number of likely N-dealkylation sites (N-methyl/N-ethyl adjacent to an activating group) is 1. The Morgan fingerprint density at radius 3 is 2.51 bits per heavy atom. The van der Waals surface area contributed by atoms with E-state index < -0.39 is 22.6 Å². The first-order valence-electron chi connectivity index (χ1n) is 13.5. The average Bonchev–Trinajstić information content (AvgIpc) is 3.18. The number of unbranched alkanes of at least 4 members (excludes halogenated alkanes) is 3. The smallest absolute Gasteiger partial charge is 0.247 e. The van der Waals surface area contributed by atoms with Gasteiger partial charge in [-0.3, -0.25) is 14.4 Å². The van der Waals surface area contributed by atoms with Crippen LogP contribution in [0.2, 0.25) is 0 Å². The number of fused-ring (bicyclic) bond motifs is 2. The Morgan fingerprint density at radius 1 is 0.971 bits per heavy atom. The lowest BCUT2D eigenvalue weighted by Gasteiger charge is -2.39. The van der Waals surface area contributed by atoms with E-state index >= 15 is 0 Å². The van der Waals surface area contributed by atoms with E-state index in [0.717, 1.165) is 51.4 Å². The Kier molecular flexibility index (Phi) is 7.31. The monoisotopic (exact) mass is 501 g/mol. The molecule has 1 saturated carbocycles. The Labute approximate surface area is 213 Å². The van der Waals surface area contributed by atoms with Crippen molar-refractivity contribution in [1.29, 1.82) is 0 Å². The SMILES string of the molecule is CN1CC=C[C@@H]2S[C@]34C=CCN(C5CCCCC5)C(=O)C3N(CCCCCCO)C(=O)[C@@H]4[C@@H]2C1=O. The normalized spacial score (nSPS) is 35.3. The molecular formula is C27H39N3O4S. The third-order valence-electron chi connectivity index (χ3n) is 8.71. The lowest BCUT2D eigenvalue weighted by atomic mass is 9.78. The third-order valence-corrected chi connectivity index (χ3v) is 10.5. The summed E-state index contributed by atoms with van der Waals surface area (Å²) in [6.07, 6.45) is 17.3. The lowest BCUT2D eigenvalue weighted by Crippen LogP contribution is -2.55. The highest BCUT2D eigenvalue weighted by molar-refractivity contribution is 8.02. The number of rotatable bonds is 7. The van der Waals surface area contributed by atoms with Crippen molar-refractivity contribution in [2.24, 2.45) is 11.8 Å². The van der Waals surface area contributed by atoms with E-state index in [1.54, 1.807) is 23.7 Å². The van der Waals surface area contributed by atoms with Crippen molar-refractivity contribution < 1.29 is 19.5 Å². The molecule has 2 saturated heterocycles. The zero-order valence-electron chi connectivity index (χ0n) is 20.8. The van der Waals surface area contributed by atoms with Gasteiger partial charge in [0.15, 0.2) is 0 Å². The Balaban J connectivity index is 1.49. The predicted molar refractivity (Wildman–Crippen MR) is 137 cm³/mol. The van der Waals surface area contributed by atoms with Crippen LogP contribution in [-0.2, 0) is 14.4 Å². The molecule has 0 aromatic heterocycles. The molecule has 3 amide bonds. The second kappa shape index (κ2) is 10.3. The average molecular weight is 502 g/mol. The molecule has 1 aliphatic carbocycles. The van der Waals surface area contributed by atoms with Gasteiger partial charge in [0.05, 0.1) is 16.6 Å². The number of aliphatic hydroxyl groups excluding tert-OH is 1. The van der Waals surface area contributed by atoms with Gasteiger partial charge < -0.3 is 19.8 Å². The minimum atomic E-state index is -0.698. The van der Waals surface area contributed by atoms with Gasteiger partial charge in [-0.25, -0.2) is 0 Å². The number of hydrogen-bond acceptors (Lipinski definition) is 5. The highest BCUT2D eigenvalue weighted by atomic mass is 32.2. The fourth-order valence-corrected chi connectivity index (χ4v) is 9.00. The molecule has 8 heteroatoms. The molecule has 0 bridgehead atoms. The van der Waals surface area contributed by atoms with Gasteiger partial charge in [-0.1, -0.05) is 56.4 Å². The molecule has 1 N–H and O–H groups in total. The molecule has 4 heterocycles. The Bertz CT molecular complexity index is 901. The van der Waals surface area contributed by atoms with Crippen LogP contribution in [0.1, 0.15) is 57.8 Å². The maximum absolute atomic E-state index is 14.3. The fraction of sp³-hybridized carbons (Fsp3) is 0.741. The number of likely N-dealkylation sites (tertiary alicyclic amines) is 1. The predicted octanol–water partition coefficient (Wildman–Crippen LogP) is 2.60. The summed E-state index contributed by atoms with van der Waals surface area (Å²) < 4.78 is -0.698. The molecule has 0 radical (unpaired) electrons. The Hall–Kier alpha value is -1.80. The molecular weight excluding hydrogens is 462 g/mol. The molecule has 0 aromatic carbocycles. The standard InChI is InChI=1S/C27H39N3O4S/c1-28-15-9-13-20-21(24(28)32)22-25(33)30(16-7-2-3-8-18-31)23-26(34)29(19-11-5-4-6-12-19)17-10-14-27(22,23)35-20/h9-10,13-14,19-23,31H,2-8,11-12,15-18H2,1H3/t20-,21+,22-,23?,27-/m0/s1. The van der Waals surface area contributed by atoms with Gasteiger partial charge in [-0.05, 0) is 25.7 Å². The lowest BCUT2D eigenvalue weighted by molar-refractivity contribution is -0.145. The zero-order valence-corrected chi connectivity index (χ0v) is 21.6. The van der Waals surface area contributed by atoms with Crippen LogP contribution >= 0.6 is 11.8 Å². The first-order valence-corrected chi connectivity index (χ1v) is 14.4. The minimum Gasteiger partial charge on any atom is -0.396 e. The van der Waals surface area contributed by atoms with Crippen molar-refractivity contribution in [3.05, 3.63) is 24.3 Å². The highest BCUT2D eigenvalue weighted by Crippen LogP contribution is 2.61. The fourth-order valence-electron chi connectivity index (χ4n) is 6.99. The molecule has 4 aliphatic heterocycles. The second-order valence-corrected chi connectivity index (χ2v) is 12.3. The first kappa shape index (κ1) is 24.9. The van der Waals surface area contributed by atoms with E-state index in [1.165, 1.54) is 6.42 Å². The number of thioether (sulfide) groups is 1. The van der Waals surface area contributed by atoms with Crippen molar-refractivity contribution in [2.75, 3.05) is 33.3 Å². The maximum Gasteiger partial charge on any atom is 0.247 e. The van der Waals surface area contributed by atoms with Crippen molar-refractivity contribution in [2.45, 2.75) is 79.9 Å². The largest absolute Gasteiger partial charge is 0.396 e. The van der Waals surface area contributed by atoms with E-state index in [1.807, 2.05) is 15.9 Å². The minimum absolute atomic E-state index is 0.0144. The molecule has 0 aromatic rings. The van der Waals surface area contributed by atoms with Crippen LogP contribution < -0.4 is 0 Å². The summed E-state index contributed by atoms with van der Waals surface area (Å²) in [5.74, 6) is -0.888. The van der Waals surface area contributed by atoms with E-state index in [4.69, 9.17) is 5.11 Å². The number of carbonyl (C=O) groups excluding carboxylic acids is 3. The van der Waals surface area contributed by atoms with Gasteiger partial charge in [0, 0.05) is 44.6 Å². The molecule has 1 spiro atoms. The zero-order chi connectivity index (χ0) is 24.6. The number of carbonyl (C=O) groups is 3. The molecule has 1 unspecified atom stereocenters. The van der Waals surface area contributed by atoms with Crippen molar-refractivity contribution in [3.63, 3.8) is 0 Å². The molecule has 7 nitrogen and oxygen atoms in total. The summed E-state index contributed by atoms with van der Waals surface area (Å²) in [7, 11) is 1.81. The van der Waals surface area contributed by atoms with Gasteiger partial charge in [0.2, 0.25) is 17.7 Å². The van der Waals surface area contributed by atoms with E-state index in [0.29, 0.717) is 19.6 Å². The van der Waals surface area contributed by atoms with Gasteiger partial charge in [0.1, 0.15) is 6.04 Å². The van der Waals surface area contributed by atoms with Crippen molar-refractivity contribution in [1.82, 2.24) is 14.7 Å². The van der Waals surface area contributed by atoms with Crippen LogP contribution in [0.25, 0.3) is 0 Å². The first-order chi connectivity index (χ1) is 17.0. The summed E-state index contributed by atoms with van der Waals surface area (Å²) in [5.41, 5.74) is 0. The quantitative estimate of drug-likeness (QED) is 0.428. The summed E-state index contributed by atoms with van der Waals surface area (Å²) in [6.45, 7) is 1.86. The molecule has 5 atom stereocenters. The van der Waals surface area contributed by atoms with Gasteiger partial charge in [-0.15, -0.1) is 11.8 Å². The van der Waals surface area contributed by atoms with Crippen LogP contribution in [0.15, 0.2) is 24.3 Å². The maximum atomic E-state index is 14.3. The number of aliphatic hydroxyl groups is 1. The highest BCUT2D eigenvalue weighted by Gasteiger charge is 2.70. The molecule has 5 rings (SSSR count). The molecule has 3 fully saturated rings. The van der Waals surface area contributed by atoms with Crippen molar-refractivity contribution >= 4 is 29.5 Å². The van der Waals surface area contributed by atoms with Crippen LogP contribution in [-0.4, -0.2) is 92.9 Å². The number of nitrogens with zero attached hydrogens (tertiary/aromatic N) is 3. The molecule has 192 valence electrons. The van der Waals surface area contributed by atoms with E-state index in [-0.39, 0.29) is 35.6 Å². The van der Waals surface area contributed by atoms with Crippen LogP contribution in [0.5, 0.6) is 0 Å². The summed E-state index contributed by atoms with van der Waals surface area (Å²) in [4.78, 5) is 47.5. The number of hydrogen-bond donors (Lipinski definition) is 1. The van der Waals surface area contributed by atoms with Gasteiger partial charge in [-0.2, -0.15) is 0 Å². The summed E-state index contributed by atoms with van der Waals surface area (Å²) in [5, 5.41) is 9.02. The number of amides is 3. The second-order valence-electron chi connectivity index (χ2n) is 10.8. The summed E-state index contributed by atoms with van der Waals surface area (Å²) >= 11 is 1.67. The van der Waals surface area contributed by atoms with Gasteiger partial charge in [0.25, 0.3) is 0 Å². The van der Waals surface area contributed by atoms with E-state index in [9.17, 15) is 14.4 Å². The van der Waals surface area contributed by atoms with Crippen LogP contribution in [0.4, 0.5) is 0 Å². The topological polar surface area (TPSA) is 81.2 Å². The third kappa shape index (κ3) is 4.24. The van der Waals surface area contributed by atoms with Crippen molar-refractivity contribution in [3.8, 4) is 0 Å². The molecule has 35 heavy (non-hydrogen) atoms.